The quantitative estimate of drug-likeness (QED) is 0.428. The zero-order chi connectivity index (χ0) is 5.98. The van der Waals surface area contributed by atoms with Crippen LogP contribution in [-0.4, -0.2) is 0 Å². The van der Waals surface area contributed by atoms with Crippen molar-refractivity contribution in [2.75, 3.05) is 0 Å². The van der Waals surface area contributed by atoms with E-state index in [9.17, 15) is 0 Å². The number of rotatable bonds is 1. The molecule has 0 atom stereocenters. The van der Waals surface area contributed by atoms with Crippen LogP contribution in [0.5, 0.6) is 0 Å². The van der Waals surface area contributed by atoms with Crippen molar-refractivity contribution in [3.05, 3.63) is 23.8 Å². The summed E-state index contributed by atoms with van der Waals surface area (Å²) in [5.74, 6) is 0.741. The van der Waals surface area contributed by atoms with E-state index in [2.05, 4.69) is 32.1 Å². The zero-order valence-electron chi connectivity index (χ0n) is 6.77. The van der Waals surface area contributed by atoms with Crippen molar-refractivity contribution in [3.8, 4) is 0 Å². The van der Waals surface area contributed by atoms with Gasteiger partial charge in [0.2, 0.25) is 0 Å². The maximum atomic E-state index is 2.23. The van der Waals surface area contributed by atoms with E-state index in [1.54, 1.807) is 5.57 Å². The van der Waals surface area contributed by atoms with Crippen molar-refractivity contribution < 1.29 is 50.7 Å². The topological polar surface area (TPSA) is 0 Å². The van der Waals surface area contributed by atoms with Gasteiger partial charge in [0.05, 0.1) is 0 Å². The second-order valence-electron chi connectivity index (χ2n) is 2.53. The predicted octanol–water partition coefficient (Wildman–Crippen LogP) is -3.47. The molecule has 62 valence electrons. The first-order chi connectivity index (χ1) is 3.80. The van der Waals surface area contributed by atoms with Crippen molar-refractivity contribution in [3.63, 3.8) is 0 Å². The summed E-state index contributed by atoms with van der Waals surface area (Å²) in [5.41, 5.74) is 1.56. The molecule has 0 bridgehead atoms. The molecule has 11 heavy (non-hydrogen) atoms. The Morgan fingerprint density at radius 1 is 1.27 bits per heavy atom. The van der Waals surface area contributed by atoms with E-state index in [0.29, 0.717) is 0 Å². The number of halogens is 2. The minimum Gasteiger partial charge on any atom is -1.00 e. The van der Waals surface area contributed by atoms with Crippen LogP contribution in [-0.2, 0) is 25.8 Å². The number of hydrogen-bond acceptors (Lipinski definition) is 0. The minimum absolute atomic E-state index is 0. The summed E-state index contributed by atoms with van der Waals surface area (Å²) in [6, 6.07) is 0. The van der Waals surface area contributed by atoms with E-state index in [1.807, 2.05) is 0 Å². The molecular weight excluding hydrogens is 345 g/mol. The Balaban J connectivity index is -0.000000213. The molecule has 0 unspecified atom stereocenters. The molecule has 0 saturated heterocycles. The van der Waals surface area contributed by atoms with Crippen LogP contribution in [0.25, 0.3) is 0 Å². The molecule has 0 fully saturated rings. The first-order valence-corrected chi connectivity index (χ1v) is 3.16. The predicted molar refractivity (Wildman–Crippen MR) is 36.7 cm³/mol. The Morgan fingerprint density at radius 3 is 2.00 bits per heavy atom. The Bertz CT molecular complexity index is 139. The number of hydrogen-bond donors (Lipinski definition) is 0. The van der Waals surface area contributed by atoms with E-state index < -0.39 is 0 Å². The fraction of sp³-hybridized carbons (Fsp3) is 0.500. The zero-order valence-corrected chi connectivity index (χ0v) is 11.9. The molecule has 1 rings (SSSR count). The molecule has 0 N–H and O–H groups in total. The minimum atomic E-state index is 0. The van der Waals surface area contributed by atoms with Crippen LogP contribution in [0.3, 0.4) is 0 Å². The van der Waals surface area contributed by atoms with Gasteiger partial charge in [0, 0.05) is 0 Å². The molecular formula is C8H12Cl2Hf. The SMILES string of the molecule is CC(C)C1=CC=CC1.[Cl-].[Cl-].[Hf+2]. The summed E-state index contributed by atoms with van der Waals surface area (Å²) in [5, 5.41) is 0. The van der Waals surface area contributed by atoms with Gasteiger partial charge in [-0.25, -0.2) is 0 Å². The van der Waals surface area contributed by atoms with Crippen molar-refractivity contribution in [1.29, 1.82) is 0 Å². The molecule has 0 radical (unpaired) electrons. The van der Waals surface area contributed by atoms with Crippen LogP contribution >= 0.6 is 0 Å². The molecule has 1 aliphatic carbocycles. The summed E-state index contributed by atoms with van der Waals surface area (Å²) in [7, 11) is 0. The van der Waals surface area contributed by atoms with Crippen molar-refractivity contribution in [2.45, 2.75) is 20.3 Å². The third-order valence-electron chi connectivity index (χ3n) is 1.54. The first-order valence-electron chi connectivity index (χ1n) is 3.16. The average Bonchev–Trinajstić information content (AvgIpc) is 2.12. The van der Waals surface area contributed by atoms with Crippen molar-refractivity contribution in [1.82, 2.24) is 0 Å². The molecule has 0 aromatic rings. The Kier molecular flexibility index (Phi) is 14.7. The molecule has 0 amide bonds. The smallest absolute Gasteiger partial charge is 1.00 e. The summed E-state index contributed by atoms with van der Waals surface area (Å²) in [4.78, 5) is 0. The second-order valence-corrected chi connectivity index (χ2v) is 2.53. The summed E-state index contributed by atoms with van der Waals surface area (Å²) >= 11 is 0. The Morgan fingerprint density at radius 2 is 1.82 bits per heavy atom. The van der Waals surface area contributed by atoms with Gasteiger partial charge in [-0.3, -0.25) is 0 Å². The van der Waals surface area contributed by atoms with Crippen LogP contribution in [0.4, 0.5) is 0 Å². The normalized spacial score (nSPS) is 12.8. The van der Waals surface area contributed by atoms with Crippen LogP contribution in [0, 0.1) is 5.92 Å². The van der Waals surface area contributed by atoms with E-state index in [0.717, 1.165) is 5.92 Å². The van der Waals surface area contributed by atoms with E-state index in [-0.39, 0.29) is 50.7 Å². The third-order valence-corrected chi connectivity index (χ3v) is 1.54. The van der Waals surface area contributed by atoms with Gasteiger partial charge < -0.3 is 24.8 Å². The van der Waals surface area contributed by atoms with Gasteiger partial charge in [0.15, 0.2) is 0 Å². The molecule has 1 aliphatic rings. The third kappa shape index (κ3) is 6.12. The van der Waals surface area contributed by atoms with Gasteiger partial charge in [-0.05, 0) is 12.3 Å². The van der Waals surface area contributed by atoms with Crippen LogP contribution in [0.15, 0.2) is 23.8 Å². The van der Waals surface area contributed by atoms with Crippen LogP contribution < -0.4 is 24.8 Å². The summed E-state index contributed by atoms with van der Waals surface area (Å²) in [6.45, 7) is 4.47. The van der Waals surface area contributed by atoms with E-state index >= 15 is 0 Å². The molecule has 0 aliphatic heterocycles. The van der Waals surface area contributed by atoms with Gasteiger partial charge in [-0.15, -0.1) is 0 Å². The van der Waals surface area contributed by atoms with E-state index in [4.69, 9.17) is 0 Å². The van der Waals surface area contributed by atoms with Crippen molar-refractivity contribution >= 4 is 0 Å². The molecule has 0 heterocycles. The van der Waals surface area contributed by atoms with E-state index in [1.165, 1.54) is 6.42 Å². The van der Waals surface area contributed by atoms with Gasteiger partial charge in [-0.1, -0.05) is 37.6 Å². The van der Waals surface area contributed by atoms with Crippen LogP contribution in [0.2, 0.25) is 0 Å². The largest absolute Gasteiger partial charge is 2.00 e. The summed E-state index contributed by atoms with van der Waals surface area (Å²) in [6.07, 6.45) is 7.73. The molecule has 3 heteroatoms. The summed E-state index contributed by atoms with van der Waals surface area (Å²) < 4.78 is 0. The Hall–Kier alpha value is 0.930. The van der Waals surface area contributed by atoms with Crippen molar-refractivity contribution in [2.24, 2.45) is 5.92 Å². The monoisotopic (exact) mass is 358 g/mol. The average molecular weight is 358 g/mol. The van der Waals surface area contributed by atoms with Crippen LogP contribution in [0.1, 0.15) is 20.3 Å². The second kappa shape index (κ2) is 9.02. The van der Waals surface area contributed by atoms with Gasteiger partial charge in [0.1, 0.15) is 0 Å². The fourth-order valence-electron chi connectivity index (χ4n) is 0.892. The van der Waals surface area contributed by atoms with Gasteiger partial charge in [-0.2, -0.15) is 0 Å². The van der Waals surface area contributed by atoms with Gasteiger partial charge in [0.25, 0.3) is 0 Å². The maximum Gasteiger partial charge on any atom is 2.00 e. The fourth-order valence-corrected chi connectivity index (χ4v) is 0.892. The molecule has 0 aromatic carbocycles. The molecule has 0 aromatic heterocycles. The molecule has 0 saturated carbocycles. The van der Waals surface area contributed by atoms with Gasteiger partial charge >= 0.3 is 25.8 Å². The Labute approximate surface area is 100 Å². The molecule has 0 nitrogen and oxygen atoms in total. The number of allylic oxidation sites excluding steroid dienone is 4. The maximum absolute atomic E-state index is 2.23. The molecule has 0 spiro atoms. The first kappa shape index (κ1) is 17.9. The standard InChI is InChI=1S/C8H12.2ClH.Hf/c1-7(2)8-5-3-4-6-8;;;/h3-5,7H,6H2,1-2H3;2*1H;/q;;;+2/p-2.